The number of nitrogens with one attached hydrogen (secondary N) is 1. The van der Waals surface area contributed by atoms with E-state index in [4.69, 9.17) is 16.3 Å². The van der Waals surface area contributed by atoms with Crippen molar-refractivity contribution in [2.24, 2.45) is 0 Å². The molecule has 2 aromatic carbocycles. The summed E-state index contributed by atoms with van der Waals surface area (Å²) in [7, 11) is 1.62. The summed E-state index contributed by atoms with van der Waals surface area (Å²) in [6.07, 6.45) is 0. The second-order valence-corrected chi connectivity index (χ2v) is 5.03. The second-order valence-electron chi connectivity index (χ2n) is 4.77. The highest BCUT2D eigenvalue weighted by molar-refractivity contribution is 6.17. The third-order valence-electron chi connectivity index (χ3n) is 3.32. The molecular weight excluding hydrogens is 286 g/mol. The highest BCUT2D eigenvalue weighted by Crippen LogP contribution is 2.24. The lowest BCUT2D eigenvalue weighted by atomic mass is 10.1. The molecule has 2 aromatic rings. The molecule has 4 heteroatoms. The van der Waals surface area contributed by atoms with Crippen LogP contribution in [0, 0.1) is 0 Å². The predicted molar refractivity (Wildman–Crippen MR) is 84.9 cm³/mol. The molecule has 0 aliphatic heterocycles. The van der Waals surface area contributed by atoms with Gasteiger partial charge in [-0.15, -0.1) is 11.6 Å². The molecule has 2 rings (SSSR count). The molecule has 0 spiro atoms. The second kappa shape index (κ2) is 7.14. The minimum absolute atomic E-state index is 0.116. The van der Waals surface area contributed by atoms with Crippen LogP contribution < -0.4 is 10.1 Å². The van der Waals surface area contributed by atoms with Gasteiger partial charge in [0, 0.05) is 17.0 Å². The van der Waals surface area contributed by atoms with E-state index >= 15 is 0 Å². The molecule has 0 saturated heterocycles. The molecular formula is C17H18ClNO2. The zero-order valence-electron chi connectivity index (χ0n) is 12.1. The van der Waals surface area contributed by atoms with Crippen LogP contribution in [0.2, 0.25) is 0 Å². The lowest BCUT2D eigenvalue weighted by molar-refractivity contribution is 0.0939. The van der Waals surface area contributed by atoms with Crippen molar-refractivity contribution in [3.8, 4) is 5.75 Å². The van der Waals surface area contributed by atoms with E-state index in [1.54, 1.807) is 19.2 Å². The number of alkyl halides is 1. The molecule has 0 bridgehead atoms. The van der Waals surface area contributed by atoms with Crippen LogP contribution in [-0.4, -0.2) is 13.0 Å². The summed E-state index contributed by atoms with van der Waals surface area (Å²) < 4.78 is 5.32. The molecule has 1 amide bonds. The van der Waals surface area contributed by atoms with E-state index in [0.717, 1.165) is 16.9 Å². The number of halogens is 1. The maximum Gasteiger partial charge on any atom is 0.251 e. The van der Waals surface area contributed by atoms with Crippen molar-refractivity contribution >= 4 is 17.5 Å². The summed E-state index contributed by atoms with van der Waals surface area (Å²) in [5.41, 5.74) is 2.56. The van der Waals surface area contributed by atoms with E-state index in [1.165, 1.54) is 0 Å². The molecule has 3 nitrogen and oxygen atoms in total. The van der Waals surface area contributed by atoms with E-state index < -0.39 is 0 Å². The van der Waals surface area contributed by atoms with Gasteiger partial charge >= 0.3 is 0 Å². The molecule has 110 valence electrons. The van der Waals surface area contributed by atoms with Gasteiger partial charge in [-0.2, -0.15) is 0 Å². The highest BCUT2D eigenvalue weighted by Gasteiger charge is 2.14. The van der Waals surface area contributed by atoms with Crippen molar-refractivity contribution in [2.75, 3.05) is 7.11 Å². The first-order valence-electron chi connectivity index (χ1n) is 6.74. The molecule has 0 aliphatic carbocycles. The van der Waals surface area contributed by atoms with Gasteiger partial charge in [-0.25, -0.2) is 0 Å². The predicted octanol–water partition coefficient (Wildman–Crippen LogP) is 3.93. The molecule has 0 fully saturated rings. The van der Waals surface area contributed by atoms with Crippen molar-refractivity contribution < 1.29 is 9.53 Å². The van der Waals surface area contributed by atoms with Gasteiger partial charge in [-0.3, -0.25) is 4.79 Å². The van der Waals surface area contributed by atoms with Crippen LogP contribution in [0.5, 0.6) is 5.75 Å². The van der Waals surface area contributed by atoms with Gasteiger partial charge in [0.25, 0.3) is 5.91 Å². The zero-order valence-corrected chi connectivity index (χ0v) is 12.9. The summed E-state index contributed by atoms with van der Waals surface area (Å²) in [5, 5.41) is 2.97. The van der Waals surface area contributed by atoms with Gasteiger partial charge in [0.05, 0.1) is 13.2 Å². The Morgan fingerprint density at radius 1 is 1.19 bits per heavy atom. The zero-order chi connectivity index (χ0) is 15.2. The van der Waals surface area contributed by atoms with Crippen LogP contribution >= 0.6 is 11.6 Å². The molecule has 0 aromatic heterocycles. The fourth-order valence-electron chi connectivity index (χ4n) is 2.13. The average molecular weight is 304 g/mol. The molecule has 0 radical (unpaired) electrons. The molecule has 0 saturated carbocycles. The van der Waals surface area contributed by atoms with Crippen LogP contribution in [0.15, 0.2) is 48.5 Å². The lowest BCUT2D eigenvalue weighted by Crippen LogP contribution is -2.26. The molecule has 0 unspecified atom stereocenters. The number of carbonyl (C=O) groups excluding carboxylic acids is 1. The minimum atomic E-state index is -0.138. The molecule has 0 aliphatic rings. The first-order chi connectivity index (χ1) is 10.2. The number of para-hydroxylation sites is 1. The van der Waals surface area contributed by atoms with Crippen LogP contribution in [0.25, 0.3) is 0 Å². The number of methoxy groups -OCH3 is 1. The number of rotatable bonds is 5. The fourth-order valence-corrected chi connectivity index (χ4v) is 2.31. The number of amides is 1. The van der Waals surface area contributed by atoms with E-state index in [2.05, 4.69) is 5.32 Å². The lowest BCUT2D eigenvalue weighted by Gasteiger charge is -2.17. The summed E-state index contributed by atoms with van der Waals surface area (Å²) in [5.74, 6) is 1.09. The van der Waals surface area contributed by atoms with Crippen molar-refractivity contribution in [1.82, 2.24) is 5.32 Å². The number of hydrogen-bond acceptors (Lipinski definition) is 2. The van der Waals surface area contributed by atoms with E-state index in [9.17, 15) is 4.79 Å². The smallest absolute Gasteiger partial charge is 0.251 e. The Hall–Kier alpha value is -2.00. The van der Waals surface area contributed by atoms with Gasteiger partial charge in [0.15, 0.2) is 0 Å². The summed E-state index contributed by atoms with van der Waals surface area (Å²) >= 11 is 5.74. The third-order valence-corrected chi connectivity index (χ3v) is 3.63. The molecule has 1 N–H and O–H groups in total. The Kier molecular flexibility index (Phi) is 5.23. The van der Waals surface area contributed by atoms with Gasteiger partial charge in [0.2, 0.25) is 0 Å². The topological polar surface area (TPSA) is 38.3 Å². The first kappa shape index (κ1) is 15.4. The maximum atomic E-state index is 12.2. The number of ether oxygens (including phenoxy) is 1. The summed E-state index contributed by atoms with van der Waals surface area (Å²) in [6, 6.07) is 14.8. The van der Waals surface area contributed by atoms with Crippen LogP contribution in [0.3, 0.4) is 0 Å². The fraction of sp³-hybridized carbons (Fsp3) is 0.235. The van der Waals surface area contributed by atoms with Crippen molar-refractivity contribution in [3.05, 3.63) is 65.2 Å². The third kappa shape index (κ3) is 3.76. The van der Waals surface area contributed by atoms with E-state index in [0.29, 0.717) is 11.4 Å². The number of hydrogen-bond donors (Lipinski definition) is 1. The largest absolute Gasteiger partial charge is 0.496 e. The Balaban J connectivity index is 2.11. The van der Waals surface area contributed by atoms with Gasteiger partial charge in [-0.1, -0.05) is 30.3 Å². The van der Waals surface area contributed by atoms with Crippen molar-refractivity contribution in [3.63, 3.8) is 0 Å². The summed E-state index contributed by atoms with van der Waals surface area (Å²) in [4.78, 5) is 12.2. The van der Waals surface area contributed by atoms with Crippen molar-refractivity contribution in [1.29, 1.82) is 0 Å². The monoisotopic (exact) mass is 303 g/mol. The maximum absolute atomic E-state index is 12.2. The quantitative estimate of drug-likeness (QED) is 0.850. The minimum Gasteiger partial charge on any atom is -0.496 e. The Morgan fingerprint density at radius 3 is 2.48 bits per heavy atom. The van der Waals surface area contributed by atoms with Gasteiger partial charge in [0.1, 0.15) is 5.75 Å². The van der Waals surface area contributed by atoms with Crippen molar-refractivity contribution in [2.45, 2.75) is 18.8 Å². The Bertz CT molecular complexity index is 610. The Morgan fingerprint density at radius 2 is 1.86 bits per heavy atom. The van der Waals surface area contributed by atoms with Crippen LogP contribution in [0.1, 0.15) is 34.5 Å². The van der Waals surface area contributed by atoms with Gasteiger partial charge < -0.3 is 10.1 Å². The standard InChI is InChI=1S/C17H18ClNO2/c1-12(15-5-3-4-6-16(15)21-2)19-17(20)14-9-7-13(11-18)8-10-14/h3-10,12H,11H2,1-2H3,(H,19,20)/t12-/m1/s1. The van der Waals surface area contributed by atoms with E-state index in [-0.39, 0.29) is 11.9 Å². The Labute approximate surface area is 129 Å². The normalized spacial score (nSPS) is 11.8. The van der Waals surface area contributed by atoms with Gasteiger partial charge in [-0.05, 0) is 30.7 Å². The van der Waals surface area contributed by atoms with E-state index in [1.807, 2.05) is 43.3 Å². The highest BCUT2D eigenvalue weighted by atomic mass is 35.5. The molecule has 21 heavy (non-hydrogen) atoms. The molecule has 0 heterocycles. The summed E-state index contributed by atoms with van der Waals surface area (Å²) in [6.45, 7) is 1.93. The van der Waals surface area contributed by atoms with Crippen LogP contribution in [-0.2, 0) is 5.88 Å². The SMILES string of the molecule is COc1ccccc1[C@@H](C)NC(=O)c1ccc(CCl)cc1. The van der Waals surface area contributed by atoms with Crippen LogP contribution in [0.4, 0.5) is 0 Å². The number of carbonyl (C=O) groups is 1. The number of benzene rings is 2. The first-order valence-corrected chi connectivity index (χ1v) is 7.28. The average Bonchev–Trinajstić information content (AvgIpc) is 2.54. The molecule has 1 atom stereocenters.